The fourth-order valence-corrected chi connectivity index (χ4v) is 4.63. The molecule has 2 rings (SSSR count). The summed E-state index contributed by atoms with van der Waals surface area (Å²) in [6.45, 7) is 1.78. The van der Waals surface area contributed by atoms with Gasteiger partial charge in [0.05, 0.1) is 16.8 Å². The zero-order valence-electron chi connectivity index (χ0n) is 11.7. The van der Waals surface area contributed by atoms with Crippen LogP contribution in [0.5, 0.6) is 0 Å². The molecule has 0 unspecified atom stereocenters. The molecule has 0 saturated carbocycles. The van der Waals surface area contributed by atoms with Crippen LogP contribution in [-0.4, -0.2) is 37.1 Å². The number of rotatable bonds is 5. The summed E-state index contributed by atoms with van der Waals surface area (Å²) in [6.07, 6.45) is 0.490. The molecular formula is C14H18FNO3S2. The van der Waals surface area contributed by atoms with Crippen LogP contribution < -0.4 is 5.32 Å². The molecule has 1 aliphatic rings. The monoisotopic (exact) mass is 331 g/mol. The number of hydrogen-bond donors (Lipinski definition) is 1. The van der Waals surface area contributed by atoms with Crippen LogP contribution in [0, 0.1) is 5.82 Å². The Kier molecular flexibility index (Phi) is 5.27. The minimum absolute atomic E-state index is 0.0358. The largest absolute Gasteiger partial charge is 0.351 e. The predicted molar refractivity (Wildman–Crippen MR) is 82.4 cm³/mol. The third-order valence-electron chi connectivity index (χ3n) is 3.36. The molecule has 1 saturated heterocycles. The van der Waals surface area contributed by atoms with Crippen molar-refractivity contribution in [3.8, 4) is 0 Å². The van der Waals surface area contributed by atoms with Crippen molar-refractivity contribution in [3.05, 3.63) is 35.6 Å². The molecule has 1 aliphatic heterocycles. The molecule has 1 heterocycles. The van der Waals surface area contributed by atoms with Crippen LogP contribution in [0.1, 0.15) is 18.9 Å². The molecule has 1 N–H and O–H groups in total. The topological polar surface area (TPSA) is 63.2 Å². The summed E-state index contributed by atoms with van der Waals surface area (Å²) in [6, 6.07) is 5.90. The summed E-state index contributed by atoms with van der Waals surface area (Å²) >= 11 is 1.44. The van der Waals surface area contributed by atoms with Crippen molar-refractivity contribution < 1.29 is 17.6 Å². The normalized spacial score (nSPS) is 21.9. The molecule has 116 valence electrons. The van der Waals surface area contributed by atoms with Gasteiger partial charge in [0, 0.05) is 11.8 Å². The summed E-state index contributed by atoms with van der Waals surface area (Å²) in [5.41, 5.74) is 0.949. The van der Waals surface area contributed by atoms with Gasteiger partial charge < -0.3 is 5.32 Å². The number of carbonyl (C=O) groups is 1. The van der Waals surface area contributed by atoms with E-state index in [0.717, 1.165) is 5.56 Å². The summed E-state index contributed by atoms with van der Waals surface area (Å²) in [5, 5.41) is 2.50. The second-order valence-corrected chi connectivity index (χ2v) is 8.75. The number of sulfone groups is 1. The van der Waals surface area contributed by atoms with Crippen LogP contribution in [0.4, 0.5) is 4.39 Å². The van der Waals surface area contributed by atoms with E-state index >= 15 is 0 Å². The molecule has 1 aromatic carbocycles. The Balaban J connectivity index is 1.79. The minimum Gasteiger partial charge on any atom is -0.351 e. The summed E-state index contributed by atoms with van der Waals surface area (Å²) in [4.78, 5) is 12.0. The molecule has 21 heavy (non-hydrogen) atoms. The smallest absolute Gasteiger partial charge is 0.233 e. The van der Waals surface area contributed by atoms with Crippen LogP contribution in [0.2, 0.25) is 0 Å². The number of benzene rings is 1. The molecule has 0 radical (unpaired) electrons. The standard InChI is InChI=1S/C14H18FNO3S2/c1-10(20-8-11-2-4-12(15)5-3-11)14(17)16-13-6-7-21(18,19)9-13/h2-5,10,13H,6-9H2,1H3,(H,16,17)/t10-,13+/m1/s1. The lowest BCUT2D eigenvalue weighted by atomic mass is 10.2. The lowest BCUT2D eigenvalue weighted by Gasteiger charge is -2.15. The fourth-order valence-electron chi connectivity index (χ4n) is 2.10. The highest BCUT2D eigenvalue weighted by Crippen LogP contribution is 2.19. The van der Waals surface area contributed by atoms with E-state index in [0.29, 0.717) is 12.2 Å². The van der Waals surface area contributed by atoms with E-state index < -0.39 is 9.84 Å². The average Bonchev–Trinajstić information content (AvgIpc) is 2.77. The van der Waals surface area contributed by atoms with Gasteiger partial charge in [-0.3, -0.25) is 4.79 Å². The maximum Gasteiger partial charge on any atom is 0.233 e. The zero-order valence-corrected chi connectivity index (χ0v) is 13.3. The van der Waals surface area contributed by atoms with Gasteiger partial charge in [0.2, 0.25) is 5.91 Å². The molecule has 1 fully saturated rings. The molecule has 4 nitrogen and oxygen atoms in total. The van der Waals surface area contributed by atoms with Crippen LogP contribution in [0.15, 0.2) is 24.3 Å². The van der Waals surface area contributed by atoms with E-state index in [1.165, 1.54) is 23.9 Å². The summed E-state index contributed by atoms with van der Waals surface area (Å²) in [7, 11) is -2.98. The van der Waals surface area contributed by atoms with Crippen LogP contribution in [0.25, 0.3) is 0 Å². The third-order valence-corrected chi connectivity index (χ3v) is 6.34. The fraction of sp³-hybridized carbons (Fsp3) is 0.500. The van der Waals surface area contributed by atoms with Gasteiger partial charge in [0.15, 0.2) is 9.84 Å². The lowest BCUT2D eigenvalue weighted by Crippen LogP contribution is -2.40. The first-order valence-corrected chi connectivity index (χ1v) is 9.59. The molecule has 1 aromatic rings. The predicted octanol–water partition coefficient (Wildman–Crippen LogP) is 1.75. The SMILES string of the molecule is C[C@@H](SCc1ccc(F)cc1)C(=O)N[C@H]1CCS(=O)(=O)C1. The molecule has 0 spiro atoms. The maximum absolute atomic E-state index is 12.8. The molecular weight excluding hydrogens is 313 g/mol. The van der Waals surface area contributed by atoms with Crippen molar-refractivity contribution in [2.45, 2.75) is 30.4 Å². The highest BCUT2D eigenvalue weighted by atomic mass is 32.2. The Bertz CT molecular complexity index is 601. The van der Waals surface area contributed by atoms with Crippen LogP contribution in [0.3, 0.4) is 0 Å². The van der Waals surface area contributed by atoms with Crippen molar-refractivity contribution in [1.82, 2.24) is 5.32 Å². The van der Waals surface area contributed by atoms with Gasteiger partial charge in [-0.25, -0.2) is 12.8 Å². The maximum atomic E-state index is 12.8. The van der Waals surface area contributed by atoms with E-state index in [9.17, 15) is 17.6 Å². The zero-order chi connectivity index (χ0) is 15.5. The Morgan fingerprint density at radius 2 is 2.10 bits per heavy atom. The third kappa shape index (κ3) is 5.00. The molecule has 2 atom stereocenters. The molecule has 7 heteroatoms. The van der Waals surface area contributed by atoms with Gasteiger partial charge in [0.25, 0.3) is 0 Å². The number of hydrogen-bond acceptors (Lipinski definition) is 4. The summed E-state index contributed by atoms with van der Waals surface area (Å²) < 4.78 is 35.5. The number of thioether (sulfide) groups is 1. The quantitative estimate of drug-likeness (QED) is 0.893. The van der Waals surface area contributed by atoms with Crippen molar-refractivity contribution in [1.29, 1.82) is 0 Å². The number of halogens is 1. The van der Waals surface area contributed by atoms with E-state index in [4.69, 9.17) is 0 Å². The van der Waals surface area contributed by atoms with Crippen molar-refractivity contribution in [2.75, 3.05) is 11.5 Å². The van der Waals surface area contributed by atoms with Crippen molar-refractivity contribution in [2.24, 2.45) is 0 Å². The van der Waals surface area contributed by atoms with E-state index in [1.807, 2.05) is 0 Å². The van der Waals surface area contributed by atoms with Crippen molar-refractivity contribution >= 4 is 27.5 Å². The first-order valence-electron chi connectivity index (χ1n) is 6.72. The number of nitrogens with one attached hydrogen (secondary N) is 1. The summed E-state index contributed by atoms with van der Waals surface area (Å²) in [5.74, 6) is 0.363. The average molecular weight is 331 g/mol. The minimum atomic E-state index is -2.98. The van der Waals surface area contributed by atoms with Gasteiger partial charge in [-0.1, -0.05) is 12.1 Å². The Hall–Kier alpha value is -1.08. The molecule has 0 aliphatic carbocycles. The van der Waals surface area contributed by atoms with Crippen LogP contribution in [-0.2, 0) is 20.4 Å². The number of amides is 1. The Morgan fingerprint density at radius 1 is 1.43 bits per heavy atom. The molecule has 1 amide bonds. The highest BCUT2D eigenvalue weighted by Gasteiger charge is 2.29. The van der Waals surface area contributed by atoms with E-state index in [2.05, 4.69) is 5.32 Å². The van der Waals surface area contributed by atoms with Gasteiger partial charge in [-0.15, -0.1) is 11.8 Å². The highest BCUT2D eigenvalue weighted by molar-refractivity contribution is 7.99. The van der Waals surface area contributed by atoms with Crippen LogP contribution >= 0.6 is 11.8 Å². The van der Waals surface area contributed by atoms with Crippen molar-refractivity contribution in [3.63, 3.8) is 0 Å². The van der Waals surface area contributed by atoms with E-state index in [1.54, 1.807) is 19.1 Å². The molecule has 0 aromatic heterocycles. The van der Waals surface area contributed by atoms with Gasteiger partial charge in [-0.05, 0) is 31.0 Å². The first kappa shape index (κ1) is 16.3. The lowest BCUT2D eigenvalue weighted by molar-refractivity contribution is -0.120. The second kappa shape index (κ2) is 6.79. The molecule has 0 bridgehead atoms. The Labute approximate surface area is 128 Å². The second-order valence-electron chi connectivity index (χ2n) is 5.19. The van der Waals surface area contributed by atoms with Gasteiger partial charge in [-0.2, -0.15) is 0 Å². The number of carbonyl (C=O) groups excluding carboxylic acids is 1. The van der Waals surface area contributed by atoms with E-state index in [-0.39, 0.29) is 34.5 Å². The Morgan fingerprint density at radius 3 is 2.67 bits per heavy atom. The van der Waals surface area contributed by atoms with Gasteiger partial charge >= 0.3 is 0 Å². The van der Waals surface area contributed by atoms with Gasteiger partial charge in [0.1, 0.15) is 5.82 Å². The first-order chi connectivity index (χ1) is 9.85.